The van der Waals surface area contributed by atoms with Gasteiger partial charge in [-0.25, -0.2) is 13.2 Å². The van der Waals surface area contributed by atoms with E-state index in [4.69, 9.17) is 4.74 Å². The average molecular weight is 379 g/mol. The highest BCUT2D eigenvalue weighted by molar-refractivity contribution is 5.35. The van der Waals surface area contributed by atoms with Crippen LogP contribution in [0.4, 0.5) is 13.2 Å². The Balaban J connectivity index is 1.60. The molecule has 2 aromatic carbocycles. The Bertz CT molecular complexity index is 784. The molecule has 0 saturated carbocycles. The van der Waals surface area contributed by atoms with Gasteiger partial charge in [0.25, 0.3) is 0 Å². The van der Waals surface area contributed by atoms with Crippen molar-refractivity contribution in [2.75, 3.05) is 20.2 Å². The molecule has 0 aromatic heterocycles. The Labute approximate surface area is 157 Å². The topological polar surface area (TPSA) is 32.7 Å². The van der Waals surface area contributed by atoms with Crippen LogP contribution in [0.25, 0.3) is 0 Å². The molecule has 1 fully saturated rings. The fourth-order valence-electron chi connectivity index (χ4n) is 3.55. The fourth-order valence-corrected chi connectivity index (χ4v) is 3.55. The van der Waals surface area contributed by atoms with Crippen LogP contribution in [-0.2, 0) is 12.8 Å². The summed E-state index contributed by atoms with van der Waals surface area (Å²) in [7, 11) is 1.98. The normalized spacial score (nSPS) is 20.2. The Morgan fingerprint density at radius 3 is 2.59 bits per heavy atom. The number of aliphatic hydroxyl groups is 1. The average Bonchev–Trinajstić information content (AvgIpc) is 2.95. The lowest BCUT2D eigenvalue weighted by Crippen LogP contribution is -2.26. The van der Waals surface area contributed by atoms with Crippen LogP contribution >= 0.6 is 0 Å². The molecule has 0 aliphatic carbocycles. The maximum Gasteiger partial charge on any atom is 0.159 e. The molecule has 27 heavy (non-hydrogen) atoms. The summed E-state index contributed by atoms with van der Waals surface area (Å²) in [6, 6.07) is 8.42. The lowest BCUT2D eigenvalue weighted by molar-refractivity contribution is 0.182. The first kappa shape index (κ1) is 19.7. The molecular formula is C21H24F3NO2. The third-order valence-electron chi connectivity index (χ3n) is 5.06. The van der Waals surface area contributed by atoms with Crippen LogP contribution in [0.5, 0.6) is 5.75 Å². The maximum atomic E-state index is 13.7. The molecular weight excluding hydrogens is 355 g/mol. The molecule has 0 radical (unpaired) electrons. The number of likely N-dealkylation sites (N-methyl/N-ethyl adjacent to an activating group) is 1. The zero-order valence-electron chi connectivity index (χ0n) is 15.3. The largest absolute Gasteiger partial charge is 0.493 e. The monoisotopic (exact) mass is 379 g/mol. The molecule has 3 rings (SSSR count). The molecule has 1 aliphatic heterocycles. The summed E-state index contributed by atoms with van der Waals surface area (Å²) in [5.41, 5.74) is 1.34. The van der Waals surface area contributed by atoms with E-state index in [1.807, 2.05) is 7.05 Å². The van der Waals surface area contributed by atoms with Gasteiger partial charge in [-0.2, -0.15) is 0 Å². The predicted molar refractivity (Wildman–Crippen MR) is 97.3 cm³/mol. The van der Waals surface area contributed by atoms with Gasteiger partial charge in [0.1, 0.15) is 11.6 Å². The molecule has 146 valence electrons. The smallest absolute Gasteiger partial charge is 0.159 e. The minimum atomic E-state index is -0.883. The highest BCUT2D eigenvalue weighted by atomic mass is 19.2. The molecule has 3 nitrogen and oxygen atoms in total. The molecule has 1 aliphatic rings. The van der Waals surface area contributed by atoms with Crippen molar-refractivity contribution in [3.05, 3.63) is 65.0 Å². The van der Waals surface area contributed by atoms with Gasteiger partial charge < -0.3 is 14.7 Å². The van der Waals surface area contributed by atoms with Crippen LogP contribution in [0.15, 0.2) is 36.4 Å². The molecule has 0 bridgehead atoms. The first-order valence-electron chi connectivity index (χ1n) is 9.16. The van der Waals surface area contributed by atoms with Crippen molar-refractivity contribution in [2.45, 2.75) is 37.8 Å². The van der Waals surface area contributed by atoms with Crippen LogP contribution in [0, 0.1) is 17.5 Å². The zero-order valence-corrected chi connectivity index (χ0v) is 15.3. The highest BCUT2D eigenvalue weighted by Gasteiger charge is 2.27. The number of aliphatic hydroxyl groups excluding tert-OH is 1. The first-order chi connectivity index (χ1) is 12.9. The van der Waals surface area contributed by atoms with Crippen LogP contribution < -0.4 is 4.74 Å². The van der Waals surface area contributed by atoms with Crippen molar-refractivity contribution in [2.24, 2.45) is 0 Å². The number of nitrogens with zero attached hydrogens (tertiary/aromatic N) is 1. The summed E-state index contributed by atoms with van der Waals surface area (Å²) in [5, 5.41) is 9.70. The second kappa shape index (κ2) is 8.76. The number of ether oxygens (including phenoxy) is 1. The van der Waals surface area contributed by atoms with Gasteiger partial charge in [0.05, 0.1) is 12.7 Å². The van der Waals surface area contributed by atoms with Crippen LogP contribution in [0.1, 0.15) is 24.0 Å². The summed E-state index contributed by atoms with van der Waals surface area (Å²) >= 11 is 0. The summed E-state index contributed by atoms with van der Waals surface area (Å²) in [4.78, 5) is 2.11. The molecule has 2 aromatic rings. The third-order valence-corrected chi connectivity index (χ3v) is 5.06. The fraction of sp³-hybridized carbons (Fsp3) is 0.429. The predicted octanol–water partition coefficient (Wildman–Crippen LogP) is 3.72. The van der Waals surface area contributed by atoms with Crippen molar-refractivity contribution in [1.29, 1.82) is 0 Å². The molecule has 1 saturated heterocycles. The Morgan fingerprint density at radius 1 is 1.07 bits per heavy atom. The number of likely N-dealkylation sites (tertiary alicyclic amines) is 1. The second-order valence-electron chi connectivity index (χ2n) is 7.12. The van der Waals surface area contributed by atoms with Crippen molar-refractivity contribution in [3.63, 3.8) is 0 Å². The van der Waals surface area contributed by atoms with Gasteiger partial charge in [-0.3, -0.25) is 0 Å². The molecule has 0 unspecified atom stereocenters. The lowest BCUT2D eigenvalue weighted by Gasteiger charge is -2.19. The first-order valence-corrected chi connectivity index (χ1v) is 9.16. The Hall–Kier alpha value is -2.05. The van der Waals surface area contributed by atoms with Gasteiger partial charge >= 0.3 is 0 Å². The quantitative estimate of drug-likeness (QED) is 0.796. The minimum absolute atomic E-state index is 0.270. The van der Waals surface area contributed by atoms with Gasteiger partial charge in [0.15, 0.2) is 11.6 Å². The number of hydrogen-bond donors (Lipinski definition) is 1. The summed E-state index contributed by atoms with van der Waals surface area (Å²) in [6.07, 6.45) is 2.12. The summed E-state index contributed by atoms with van der Waals surface area (Å²) in [5.74, 6) is -1.52. The van der Waals surface area contributed by atoms with Crippen molar-refractivity contribution in [1.82, 2.24) is 4.90 Å². The van der Waals surface area contributed by atoms with Gasteiger partial charge in [0.2, 0.25) is 0 Å². The van der Waals surface area contributed by atoms with E-state index in [0.29, 0.717) is 42.9 Å². The van der Waals surface area contributed by atoms with Crippen molar-refractivity contribution >= 4 is 0 Å². The molecule has 1 N–H and O–H groups in total. The molecule has 1 heterocycles. The van der Waals surface area contributed by atoms with Crippen LogP contribution in [0.3, 0.4) is 0 Å². The lowest BCUT2D eigenvalue weighted by atomic mass is 10.0. The highest BCUT2D eigenvalue weighted by Crippen LogP contribution is 2.24. The van der Waals surface area contributed by atoms with Gasteiger partial charge in [-0.05, 0) is 74.2 Å². The number of β-amino-alcohol motifs (C(OH)–C–C–N with tert-alkyl or cyclic N) is 1. The van der Waals surface area contributed by atoms with E-state index in [0.717, 1.165) is 25.0 Å². The molecule has 0 spiro atoms. The zero-order chi connectivity index (χ0) is 19.4. The Morgan fingerprint density at radius 2 is 1.89 bits per heavy atom. The van der Waals surface area contributed by atoms with E-state index < -0.39 is 11.6 Å². The van der Waals surface area contributed by atoms with E-state index in [9.17, 15) is 18.3 Å². The maximum absolute atomic E-state index is 13.7. The van der Waals surface area contributed by atoms with E-state index in [1.165, 1.54) is 18.2 Å². The van der Waals surface area contributed by atoms with E-state index >= 15 is 0 Å². The third kappa shape index (κ3) is 5.23. The number of rotatable bonds is 7. The standard InChI is InChI=1S/C21H24F3NO2/c1-25-13-18(26)12-17(25)8-9-27-21-7-5-16(22)11-15(21)4-2-14-3-6-19(23)20(24)10-14/h3,5-7,10-11,17-18,26H,2,4,8-9,12-13H2,1H3/t17-,18-/m1/s1. The van der Waals surface area contributed by atoms with Crippen molar-refractivity contribution in [3.8, 4) is 5.75 Å². The Kier molecular flexibility index (Phi) is 6.39. The SMILES string of the molecule is CN1C[C@H](O)C[C@H]1CCOc1ccc(F)cc1CCc1ccc(F)c(F)c1. The second-order valence-corrected chi connectivity index (χ2v) is 7.12. The van der Waals surface area contributed by atoms with Crippen LogP contribution in [-0.4, -0.2) is 42.4 Å². The molecule has 6 heteroatoms. The number of aryl methyl sites for hydroxylation is 2. The van der Waals surface area contributed by atoms with E-state index in [-0.39, 0.29) is 18.0 Å². The van der Waals surface area contributed by atoms with Crippen LogP contribution in [0.2, 0.25) is 0 Å². The van der Waals surface area contributed by atoms with Gasteiger partial charge in [-0.1, -0.05) is 6.07 Å². The summed E-state index contributed by atoms with van der Waals surface area (Å²) < 4.78 is 45.9. The number of hydrogen-bond acceptors (Lipinski definition) is 3. The van der Waals surface area contributed by atoms with Gasteiger partial charge in [0, 0.05) is 12.6 Å². The van der Waals surface area contributed by atoms with E-state index in [1.54, 1.807) is 6.07 Å². The number of benzene rings is 2. The van der Waals surface area contributed by atoms with Crippen molar-refractivity contribution < 1.29 is 23.0 Å². The molecule has 0 amide bonds. The minimum Gasteiger partial charge on any atom is -0.493 e. The molecule has 2 atom stereocenters. The number of halogens is 3. The summed E-state index contributed by atoms with van der Waals surface area (Å²) in [6.45, 7) is 1.13. The van der Waals surface area contributed by atoms with E-state index in [2.05, 4.69) is 4.90 Å². The van der Waals surface area contributed by atoms with Gasteiger partial charge in [-0.15, -0.1) is 0 Å².